The van der Waals surface area contributed by atoms with Gasteiger partial charge in [0.2, 0.25) is 0 Å². The van der Waals surface area contributed by atoms with Crippen LogP contribution in [-0.4, -0.2) is 41.1 Å². The van der Waals surface area contributed by atoms with Crippen molar-refractivity contribution in [2.24, 2.45) is 11.7 Å². The minimum atomic E-state index is -0.798. The molecule has 82 valence electrons. The Morgan fingerprint density at radius 1 is 1.57 bits per heavy atom. The molecule has 0 aromatic carbocycles. The number of hydrogen-bond donors (Lipinski definition) is 2. The third-order valence-corrected chi connectivity index (χ3v) is 3.07. The van der Waals surface area contributed by atoms with E-state index in [4.69, 9.17) is 10.8 Å². The van der Waals surface area contributed by atoms with E-state index in [1.54, 1.807) is 0 Å². The number of hydrogen-bond acceptors (Lipinski definition) is 3. The predicted octanol–water partition coefficient (Wildman–Crippen LogP) is 0.519. The summed E-state index contributed by atoms with van der Waals surface area (Å²) in [5.41, 5.74) is 5.49. The second-order valence-electron chi connectivity index (χ2n) is 4.32. The van der Waals surface area contributed by atoms with E-state index < -0.39 is 12.0 Å². The molecule has 1 heterocycles. The zero-order valence-electron chi connectivity index (χ0n) is 8.94. The quantitative estimate of drug-likeness (QED) is 0.697. The fraction of sp³-hybridized carbons (Fsp3) is 0.900. The summed E-state index contributed by atoms with van der Waals surface area (Å²) in [4.78, 5) is 13.0. The van der Waals surface area contributed by atoms with Gasteiger partial charge < -0.3 is 10.8 Å². The molecule has 1 saturated heterocycles. The molecule has 14 heavy (non-hydrogen) atoms. The zero-order valence-corrected chi connectivity index (χ0v) is 8.94. The summed E-state index contributed by atoms with van der Waals surface area (Å²) in [5.74, 6) is -0.215. The topological polar surface area (TPSA) is 66.6 Å². The highest BCUT2D eigenvalue weighted by molar-refractivity contribution is 5.73. The van der Waals surface area contributed by atoms with E-state index in [2.05, 4.69) is 13.8 Å². The number of rotatable bonds is 3. The molecule has 1 rings (SSSR count). The van der Waals surface area contributed by atoms with Crippen LogP contribution >= 0.6 is 0 Å². The van der Waals surface area contributed by atoms with Gasteiger partial charge in [0.1, 0.15) is 6.04 Å². The van der Waals surface area contributed by atoms with Gasteiger partial charge in [-0.3, -0.25) is 9.69 Å². The fourth-order valence-electron chi connectivity index (χ4n) is 2.14. The average molecular weight is 200 g/mol. The van der Waals surface area contributed by atoms with Crippen molar-refractivity contribution in [2.45, 2.75) is 38.8 Å². The van der Waals surface area contributed by atoms with Crippen LogP contribution in [0.3, 0.4) is 0 Å². The predicted molar refractivity (Wildman–Crippen MR) is 55.0 cm³/mol. The Hall–Kier alpha value is -0.610. The maximum atomic E-state index is 11.0. The lowest BCUT2D eigenvalue weighted by molar-refractivity contribution is -0.144. The third kappa shape index (κ3) is 2.45. The minimum Gasteiger partial charge on any atom is -0.480 e. The number of nitrogens with two attached hydrogens (primary N) is 1. The van der Waals surface area contributed by atoms with Gasteiger partial charge in [-0.05, 0) is 25.7 Å². The van der Waals surface area contributed by atoms with Gasteiger partial charge in [0.25, 0.3) is 0 Å². The van der Waals surface area contributed by atoms with Crippen molar-refractivity contribution in [3.05, 3.63) is 0 Å². The first kappa shape index (κ1) is 11.5. The molecule has 1 fully saturated rings. The zero-order chi connectivity index (χ0) is 10.7. The maximum absolute atomic E-state index is 11.0. The Morgan fingerprint density at radius 2 is 2.21 bits per heavy atom. The van der Waals surface area contributed by atoms with Crippen molar-refractivity contribution >= 4 is 5.97 Å². The molecule has 0 radical (unpaired) electrons. The Labute approximate surface area is 85.1 Å². The van der Waals surface area contributed by atoms with Gasteiger partial charge in [-0.2, -0.15) is 0 Å². The van der Waals surface area contributed by atoms with E-state index in [1.807, 2.05) is 4.90 Å². The average Bonchev–Trinajstić information content (AvgIpc) is 2.11. The number of likely N-dealkylation sites (tertiary alicyclic amines) is 1. The molecule has 1 aliphatic rings. The van der Waals surface area contributed by atoms with Crippen LogP contribution in [0.5, 0.6) is 0 Å². The number of piperidine rings is 1. The van der Waals surface area contributed by atoms with Gasteiger partial charge >= 0.3 is 5.97 Å². The van der Waals surface area contributed by atoms with E-state index in [-0.39, 0.29) is 6.54 Å². The van der Waals surface area contributed by atoms with Gasteiger partial charge in [-0.15, -0.1) is 0 Å². The van der Waals surface area contributed by atoms with Crippen molar-refractivity contribution in [2.75, 3.05) is 13.1 Å². The van der Waals surface area contributed by atoms with Crippen molar-refractivity contribution in [3.63, 3.8) is 0 Å². The first-order valence-corrected chi connectivity index (χ1v) is 5.24. The highest BCUT2D eigenvalue weighted by atomic mass is 16.4. The lowest BCUT2D eigenvalue weighted by Gasteiger charge is -2.39. The molecule has 0 aromatic rings. The summed E-state index contributed by atoms with van der Waals surface area (Å²) in [6.07, 6.45) is 2.26. The van der Waals surface area contributed by atoms with Crippen LogP contribution in [0, 0.1) is 5.92 Å². The summed E-state index contributed by atoms with van der Waals surface area (Å²) in [5, 5.41) is 9.01. The molecule has 0 amide bonds. The van der Waals surface area contributed by atoms with Crippen molar-refractivity contribution < 1.29 is 9.90 Å². The largest absolute Gasteiger partial charge is 0.480 e. The van der Waals surface area contributed by atoms with E-state index >= 15 is 0 Å². The van der Waals surface area contributed by atoms with Gasteiger partial charge in [-0.25, -0.2) is 0 Å². The van der Waals surface area contributed by atoms with Crippen LogP contribution in [-0.2, 0) is 4.79 Å². The molecule has 3 atom stereocenters. The number of carbonyl (C=O) groups is 1. The van der Waals surface area contributed by atoms with E-state index in [9.17, 15) is 4.79 Å². The molecular formula is C10H20N2O2. The minimum absolute atomic E-state index is 0.201. The lowest BCUT2D eigenvalue weighted by Crippen LogP contribution is -2.53. The molecule has 0 aromatic heterocycles. The number of carboxylic acid groups (broad SMARTS) is 1. The number of carboxylic acids is 1. The van der Waals surface area contributed by atoms with Crippen LogP contribution in [0.1, 0.15) is 26.7 Å². The van der Waals surface area contributed by atoms with Gasteiger partial charge in [0.05, 0.1) is 0 Å². The van der Waals surface area contributed by atoms with E-state index in [0.29, 0.717) is 12.0 Å². The lowest BCUT2D eigenvalue weighted by atomic mass is 9.93. The normalized spacial score (nSPS) is 31.4. The SMILES string of the molecule is CC1CCC(C)N(C(CN)C(=O)O)C1. The first-order valence-electron chi connectivity index (χ1n) is 5.24. The third-order valence-electron chi connectivity index (χ3n) is 3.07. The van der Waals surface area contributed by atoms with Crippen molar-refractivity contribution in [1.29, 1.82) is 0 Å². The smallest absolute Gasteiger partial charge is 0.322 e. The van der Waals surface area contributed by atoms with Gasteiger partial charge in [0.15, 0.2) is 0 Å². The molecule has 0 spiro atoms. The summed E-state index contributed by atoms with van der Waals surface area (Å²) < 4.78 is 0. The van der Waals surface area contributed by atoms with Gasteiger partial charge in [-0.1, -0.05) is 6.92 Å². The van der Waals surface area contributed by atoms with Crippen LogP contribution in [0.15, 0.2) is 0 Å². The Balaban J connectivity index is 2.66. The van der Waals surface area contributed by atoms with Crippen molar-refractivity contribution in [3.8, 4) is 0 Å². The summed E-state index contributed by atoms with van der Waals surface area (Å²) in [6.45, 7) is 5.30. The molecule has 4 heteroatoms. The number of aliphatic carboxylic acids is 1. The number of nitrogens with zero attached hydrogens (tertiary/aromatic N) is 1. The summed E-state index contributed by atoms with van der Waals surface area (Å²) in [6, 6.07) is -0.163. The first-order chi connectivity index (χ1) is 6.56. The van der Waals surface area contributed by atoms with Crippen LogP contribution in [0.2, 0.25) is 0 Å². The van der Waals surface area contributed by atoms with E-state index in [0.717, 1.165) is 13.0 Å². The molecule has 4 nitrogen and oxygen atoms in total. The second-order valence-corrected chi connectivity index (χ2v) is 4.32. The van der Waals surface area contributed by atoms with E-state index in [1.165, 1.54) is 6.42 Å². The molecule has 3 N–H and O–H groups in total. The molecule has 0 aliphatic carbocycles. The molecule has 3 unspecified atom stereocenters. The molecular weight excluding hydrogens is 180 g/mol. The van der Waals surface area contributed by atoms with Crippen LogP contribution in [0.25, 0.3) is 0 Å². The van der Waals surface area contributed by atoms with Crippen LogP contribution in [0.4, 0.5) is 0 Å². The Kier molecular flexibility index (Phi) is 3.89. The van der Waals surface area contributed by atoms with Crippen molar-refractivity contribution in [1.82, 2.24) is 4.90 Å². The highest BCUT2D eigenvalue weighted by Gasteiger charge is 2.32. The molecule has 1 aliphatic heterocycles. The monoisotopic (exact) mass is 200 g/mol. The maximum Gasteiger partial charge on any atom is 0.322 e. The Bertz CT molecular complexity index is 208. The van der Waals surface area contributed by atoms with Crippen LogP contribution < -0.4 is 5.73 Å². The second kappa shape index (κ2) is 4.75. The molecule has 0 saturated carbocycles. The Morgan fingerprint density at radius 3 is 2.71 bits per heavy atom. The highest BCUT2D eigenvalue weighted by Crippen LogP contribution is 2.23. The fourth-order valence-corrected chi connectivity index (χ4v) is 2.14. The summed E-state index contributed by atoms with van der Waals surface area (Å²) >= 11 is 0. The molecule has 0 bridgehead atoms. The standard InChI is InChI=1S/C10H20N2O2/c1-7-3-4-8(2)12(6-7)9(5-11)10(13)14/h7-9H,3-6,11H2,1-2H3,(H,13,14). The summed E-state index contributed by atoms with van der Waals surface area (Å²) in [7, 11) is 0. The van der Waals surface area contributed by atoms with Gasteiger partial charge in [0, 0.05) is 19.1 Å².